The lowest BCUT2D eigenvalue weighted by molar-refractivity contribution is 0.538. The molecule has 7 heteroatoms. The van der Waals surface area contributed by atoms with E-state index in [-0.39, 0.29) is 10.5 Å². The number of hydrogen-bond donors (Lipinski definition) is 2. The smallest absolute Gasteiger partial charge is 0.241 e. The van der Waals surface area contributed by atoms with E-state index >= 15 is 0 Å². The Hall–Kier alpha value is -1.13. The number of rotatable bonds is 4. The summed E-state index contributed by atoms with van der Waals surface area (Å²) in [6.07, 6.45) is 0.948. The summed E-state index contributed by atoms with van der Waals surface area (Å²) >= 11 is 5.80. The van der Waals surface area contributed by atoms with Crippen molar-refractivity contribution in [2.75, 3.05) is 19.6 Å². The largest absolute Gasteiger partial charge is 0.316 e. The van der Waals surface area contributed by atoms with Crippen molar-refractivity contribution in [3.63, 3.8) is 0 Å². The van der Waals surface area contributed by atoms with Crippen LogP contribution in [0.2, 0.25) is 5.02 Å². The highest BCUT2D eigenvalue weighted by Gasteiger charge is 2.22. The van der Waals surface area contributed by atoms with Gasteiger partial charge in [0.15, 0.2) is 0 Å². The highest BCUT2D eigenvalue weighted by atomic mass is 35.5. The molecule has 0 radical (unpaired) electrons. The van der Waals surface area contributed by atoms with Gasteiger partial charge in [0.25, 0.3) is 0 Å². The minimum Gasteiger partial charge on any atom is -0.316 e. The maximum absolute atomic E-state index is 12.2. The van der Waals surface area contributed by atoms with Gasteiger partial charge in [-0.25, -0.2) is 13.1 Å². The summed E-state index contributed by atoms with van der Waals surface area (Å²) in [5.41, 5.74) is 0.0986. The molecule has 2 N–H and O–H groups in total. The number of nitrogens with zero attached hydrogens (tertiary/aromatic N) is 1. The van der Waals surface area contributed by atoms with Gasteiger partial charge in [0, 0.05) is 11.6 Å². The topological polar surface area (TPSA) is 82.0 Å². The molecule has 102 valence electrons. The van der Waals surface area contributed by atoms with Crippen LogP contribution in [0.4, 0.5) is 0 Å². The molecule has 0 bridgehead atoms. The molecule has 0 saturated carbocycles. The maximum Gasteiger partial charge on any atom is 0.241 e. The molecule has 5 nitrogen and oxygen atoms in total. The molecule has 1 unspecified atom stereocenters. The molecule has 0 aromatic heterocycles. The zero-order chi connectivity index (χ0) is 13.9. The Morgan fingerprint density at radius 1 is 1.53 bits per heavy atom. The maximum atomic E-state index is 12.2. The first-order chi connectivity index (χ1) is 9.03. The highest BCUT2D eigenvalue weighted by Crippen LogP contribution is 2.20. The summed E-state index contributed by atoms with van der Waals surface area (Å²) in [6.45, 7) is 2.09. The monoisotopic (exact) mass is 299 g/mol. The molecule has 0 aliphatic carbocycles. The summed E-state index contributed by atoms with van der Waals surface area (Å²) in [5, 5.41) is 12.4. The van der Waals surface area contributed by atoms with Crippen LogP contribution in [-0.2, 0) is 10.0 Å². The second-order valence-corrected chi connectivity index (χ2v) is 6.63. The van der Waals surface area contributed by atoms with Crippen molar-refractivity contribution in [2.45, 2.75) is 11.3 Å². The van der Waals surface area contributed by atoms with E-state index in [0.29, 0.717) is 17.5 Å². The summed E-state index contributed by atoms with van der Waals surface area (Å²) in [4.78, 5) is -0.0616. The molecule has 0 amide bonds. The Balaban J connectivity index is 2.19. The SMILES string of the molecule is N#Cc1ccc(Cl)cc1S(=O)(=O)NCC1CCNC1. The van der Waals surface area contributed by atoms with Gasteiger partial charge in [0.1, 0.15) is 11.0 Å². The van der Waals surface area contributed by atoms with Gasteiger partial charge in [-0.2, -0.15) is 5.26 Å². The number of nitriles is 1. The molecular formula is C12H14ClN3O2S. The molecule has 1 fully saturated rings. The van der Waals surface area contributed by atoms with Crippen molar-refractivity contribution in [3.05, 3.63) is 28.8 Å². The fourth-order valence-electron chi connectivity index (χ4n) is 2.00. The van der Waals surface area contributed by atoms with Gasteiger partial charge in [-0.05, 0) is 43.6 Å². The number of nitrogens with one attached hydrogen (secondary N) is 2. The Morgan fingerprint density at radius 3 is 2.95 bits per heavy atom. The van der Waals surface area contributed by atoms with E-state index in [1.165, 1.54) is 18.2 Å². The predicted molar refractivity (Wildman–Crippen MR) is 72.3 cm³/mol. The van der Waals surface area contributed by atoms with E-state index in [2.05, 4.69) is 10.0 Å². The van der Waals surface area contributed by atoms with Crippen LogP contribution in [-0.4, -0.2) is 28.1 Å². The second kappa shape index (κ2) is 5.88. The molecule has 1 aromatic rings. The predicted octanol–water partition coefficient (Wildman–Crippen LogP) is 1.10. The third kappa shape index (κ3) is 3.45. The van der Waals surface area contributed by atoms with Crippen LogP contribution in [0.15, 0.2) is 23.1 Å². The van der Waals surface area contributed by atoms with Gasteiger partial charge in [-0.1, -0.05) is 11.6 Å². The van der Waals surface area contributed by atoms with Crippen LogP contribution in [0.1, 0.15) is 12.0 Å². The lowest BCUT2D eigenvalue weighted by atomic mass is 10.1. The second-order valence-electron chi connectivity index (χ2n) is 4.46. The zero-order valence-corrected chi connectivity index (χ0v) is 11.8. The summed E-state index contributed by atoms with van der Waals surface area (Å²) < 4.78 is 26.9. The summed E-state index contributed by atoms with van der Waals surface area (Å²) in [7, 11) is -3.70. The number of benzene rings is 1. The fraction of sp³-hybridized carbons (Fsp3) is 0.417. The molecule has 1 aliphatic rings. The van der Waals surface area contributed by atoms with Crippen LogP contribution >= 0.6 is 11.6 Å². The first kappa shape index (κ1) is 14.3. The highest BCUT2D eigenvalue weighted by molar-refractivity contribution is 7.89. The van der Waals surface area contributed by atoms with Crippen LogP contribution in [0, 0.1) is 17.2 Å². The van der Waals surface area contributed by atoms with Gasteiger partial charge < -0.3 is 5.32 Å². The van der Waals surface area contributed by atoms with Crippen molar-refractivity contribution in [1.82, 2.24) is 10.0 Å². The van der Waals surface area contributed by atoms with Crippen LogP contribution in [0.25, 0.3) is 0 Å². The Labute approximate surface area is 117 Å². The first-order valence-corrected chi connectivity index (χ1v) is 7.79. The molecule has 19 heavy (non-hydrogen) atoms. The quantitative estimate of drug-likeness (QED) is 0.872. The van der Waals surface area contributed by atoms with Crippen molar-refractivity contribution in [3.8, 4) is 6.07 Å². The van der Waals surface area contributed by atoms with Gasteiger partial charge in [-0.15, -0.1) is 0 Å². The van der Waals surface area contributed by atoms with Crippen molar-refractivity contribution < 1.29 is 8.42 Å². The molecule has 1 atom stereocenters. The summed E-state index contributed by atoms with van der Waals surface area (Å²) in [5.74, 6) is 0.291. The first-order valence-electron chi connectivity index (χ1n) is 5.93. The Morgan fingerprint density at radius 2 is 2.32 bits per heavy atom. The molecule has 0 spiro atoms. The van der Waals surface area contributed by atoms with E-state index in [4.69, 9.17) is 16.9 Å². The normalized spacial score (nSPS) is 19.3. The Bertz CT molecular complexity index is 604. The third-order valence-electron chi connectivity index (χ3n) is 3.08. The van der Waals surface area contributed by atoms with E-state index in [0.717, 1.165) is 19.5 Å². The van der Waals surface area contributed by atoms with Gasteiger partial charge in [0.2, 0.25) is 10.0 Å². The van der Waals surface area contributed by atoms with E-state index in [1.807, 2.05) is 6.07 Å². The molecular weight excluding hydrogens is 286 g/mol. The zero-order valence-electron chi connectivity index (χ0n) is 10.2. The molecule has 2 rings (SSSR count). The Kier molecular flexibility index (Phi) is 4.42. The van der Waals surface area contributed by atoms with E-state index in [1.54, 1.807) is 0 Å². The fourth-order valence-corrected chi connectivity index (χ4v) is 3.54. The van der Waals surface area contributed by atoms with Crippen LogP contribution < -0.4 is 10.0 Å². The van der Waals surface area contributed by atoms with Crippen LogP contribution in [0.3, 0.4) is 0 Å². The van der Waals surface area contributed by atoms with Crippen molar-refractivity contribution in [1.29, 1.82) is 5.26 Å². The number of halogens is 1. The van der Waals surface area contributed by atoms with Gasteiger partial charge >= 0.3 is 0 Å². The minimum atomic E-state index is -3.70. The average molecular weight is 300 g/mol. The summed E-state index contributed by atoms with van der Waals surface area (Å²) in [6, 6.07) is 6.08. The van der Waals surface area contributed by atoms with Crippen LogP contribution in [0.5, 0.6) is 0 Å². The van der Waals surface area contributed by atoms with Crippen molar-refractivity contribution in [2.24, 2.45) is 5.92 Å². The molecule has 1 aliphatic heterocycles. The molecule has 1 saturated heterocycles. The van der Waals surface area contributed by atoms with Gasteiger partial charge in [0.05, 0.1) is 5.56 Å². The number of sulfonamides is 1. The van der Waals surface area contributed by atoms with E-state index < -0.39 is 10.0 Å². The van der Waals surface area contributed by atoms with Crippen molar-refractivity contribution >= 4 is 21.6 Å². The minimum absolute atomic E-state index is 0.0616. The lowest BCUT2D eigenvalue weighted by Gasteiger charge is -2.11. The molecule has 1 heterocycles. The van der Waals surface area contributed by atoms with Gasteiger partial charge in [-0.3, -0.25) is 0 Å². The standard InChI is InChI=1S/C12H14ClN3O2S/c13-11-2-1-10(6-14)12(5-11)19(17,18)16-8-9-3-4-15-7-9/h1-2,5,9,15-16H,3-4,7-8H2. The molecule has 1 aromatic carbocycles. The average Bonchev–Trinajstić information content (AvgIpc) is 2.89. The lowest BCUT2D eigenvalue weighted by Crippen LogP contribution is -2.30. The van der Waals surface area contributed by atoms with E-state index in [9.17, 15) is 8.42 Å². The third-order valence-corrected chi connectivity index (χ3v) is 4.78. The number of hydrogen-bond acceptors (Lipinski definition) is 4.